The molecule has 0 heterocycles. The lowest BCUT2D eigenvalue weighted by Crippen LogP contribution is -2.02. The minimum Gasteiger partial charge on any atom is -0.294 e. The van der Waals surface area contributed by atoms with Crippen molar-refractivity contribution in [3.05, 3.63) is 33.8 Å². The van der Waals surface area contributed by atoms with Gasteiger partial charge in [-0.2, -0.15) is 11.8 Å². The monoisotopic (exact) mass is 242 g/mol. The quantitative estimate of drug-likeness (QED) is 0.745. The van der Waals surface area contributed by atoms with E-state index < -0.39 is 0 Å². The van der Waals surface area contributed by atoms with Gasteiger partial charge < -0.3 is 0 Å². The van der Waals surface area contributed by atoms with E-state index in [0.717, 1.165) is 27.5 Å². The van der Waals surface area contributed by atoms with Gasteiger partial charge in [-0.3, -0.25) is 4.79 Å². The zero-order valence-corrected chi connectivity index (χ0v) is 10.8. The van der Waals surface area contributed by atoms with E-state index in [1.54, 1.807) is 11.8 Å². The van der Waals surface area contributed by atoms with Gasteiger partial charge in [0.1, 0.15) is 0 Å². The van der Waals surface area contributed by atoms with Gasteiger partial charge in [0.2, 0.25) is 0 Å². The second kappa shape index (κ2) is 5.57. The first-order valence-electron chi connectivity index (χ1n) is 4.85. The molecule has 1 aromatic carbocycles. The molecule has 1 nitrogen and oxygen atoms in total. The van der Waals surface area contributed by atoms with Crippen LogP contribution >= 0.6 is 23.4 Å². The van der Waals surface area contributed by atoms with Crippen LogP contribution in [-0.4, -0.2) is 17.8 Å². The van der Waals surface area contributed by atoms with Crippen LogP contribution in [0.1, 0.15) is 27.9 Å². The Morgan fingerprint density at radius 3 is 2.33 bits per heavy atom. The van der Waals surface area contributed by atoms with Crippen LogP contribution < -0.4 is 0 Å². The van der Waals surface area contributed by atoms with Gasteiger partial charge in [0.05, 0.1) is 0 Å². The summed E-state index contributed by atoms with van der Waals surface area (Å²) in [6.45, 7) is 3.86. The Hall–Kier alpha value is -0.470. The van der Waals surface area contributed by atoms with Gasteiger partial charge in [0.15, 0.2) is 5.78 Å². The number of ketones is 1. The highest BCUT2D eigenvalue weighted by Crippen LogP contribution is 2.22. The summed E-state index contributed by atoms with van der Waals surface area (Å²) in [5, 5.41) is 0.761. The molecular formula is C12H15ClOS. The van der Waals surface area contributed by atoms with Crippen LogP contribution in [0.2, 0.25) is 5.02 Å². The maximum atomic E-state index is 11.8. The largest absolute Gasteiger partial charge is 0.294 e. The Bertz CT molecular complexity index is 351. The van der Waals surface area contributed by atoms with Gasteiger partial charge in [0, 0.05) is 22.8 Å². The first-order valence-corrected chi connectivity index (χ1v) is 6.62. The zero-order valence-electron chi connectivity index (χ0n) is 9.26. The molecule has 0 aliphatic rings. The van der Waals surface area contributed by atoms with Crippen LogP contribution in [0, 0.1) is 13.8 Å². The van der Waals surface area contributed by atoms with Crippen LogP contribution in [-0.2, 0) is 0 Å². The molecular weight excluding hydrogens is 228 g/mol. The summed E-state index contributed by atoms with van der Waals surface area (Å²) in [4.78, 5) is 11.8. The summed E-state index contributed by atoms with van der Waals surface area (Å²) >= 11 is 7.73. The van der Waals surface area contributed by atoms with Crippen molar-refractivity contribution in [2.75, 3.05) is 12.0 Å². The SMILES string of the molecule is CSCCC(=O)c1cc(C)c(Cl)c(C)c1. The molecule has 0 aromatic heterocycles. The molecule has 0 amide bonds. The Morgan fingerprint density at radius 1 is 1.33 bits per heavy atom. The lowest BCUT2D eigenvalue weighted by atomic mass is 10.0. The van der Waals surface area contributed by atoms with E-state index in [9.17, 15) is 4.79 Å². The Labute approximate surface area is 100 Å². The second-order valence-corrected chi connectivity index (χ2v) is 4.95. The van der Waals surface area contributed by atoms with Gasteiger partial charge in [-0.1, -0.05) is 11.6 Å². The summed E-state index contributed by atoms with van der Waals surface area (Å²) < 4.78 is 0. The van der Waals surface area contributed by atoms with Crippen molar-refractivity contribution in [3.63, 3.8) is 0 Å². The summed E-state index contributed by atoms with van der Waals surface area (Å²) in [6.07, 6.45) is 2.60. The summed E-state index contributed by atoms with van der Waals surface area (Å²) in [6, 6.07) is 3.75. The minimum absolute atomic E-state index is 0.201. The number of halogens is 1. The molecule has 0 saturated carbocycles. The maximum Gasteiger partial charge on any atom is 0.163 e. The van der Waals surface area contributed by atoms with Crippen molar-refractivity contribution in [1.29, 1.82) is 0 Å². The topological polar surface area (TPSA) is 17.1 Å². The van der Waals surface area contributed by atoms with E-state index >= 15 is 0 Å². The molecule has 1 aromatic rings. The van der Waals surface area contributed by atoms with E-state index in [0.29, 0.717) is 6.42 Å². The predicted octanol–water partition coefficient (Wildman–Crippen LogP) is 3.89. The standard InChI is InChI=1S/C12H15ClOS/c1-8-6-10(7-9(2)12(8)13)11(14)4-5-15-3/h6-7H,4-5H2,1-3H3. The summed E-state index contributed by atoms with van der Waals surface area (Å²) in [5.41, 5.74) is 2.73. The lowest BCUT2D eigenvalue weighted by Gasteiger charge is -2.06. The number of aryl methyl sites for hydroxylation is 2. The number of Topliss-reactive ketones (excluding diaryl/α,β-unsaturated/α-hetero) is 1. The van der Waals surface area contributed by atoms with Crippen molar-refractivity contribution in [2.24, 2.45) is 0 Å². The second-order valence-electron chi connectivity index (χ2n) is 3.59. The van der Waals surface area contributed by atoms with Gasteiger partial charge in [0.25, 0.3) is 0 Å². The normalized spacial score (nSPS) is 10.4. The molecule has 0 unspecified atom stereocenters. The van der Waals surface area contributed by atoms with Crippen LogP contribution in [0.15, 0.2) is 12.1 Å². The van der Waals surface area contributed by atoms with E-state index in [-0.39, 0.29) is 5.78 Å². The number of hydrogen-bond acceptors (Lipinski definition) is 2. The highest BCUT2D eigenvalue weighted by Gasteiger charge is 2.09. The molecule has 0 aliphatic heterocycles. The van der Waals surface area contributed by atoms with Crippen LogP contribution in [0.25, 0.3) is 0 Å². The summed E-state index contributed by atoms with van der Waals surface area (Å²) in [5.74, 6) is 1.08. The maximum absolute atomic E-state index is 11.8. The molecule has 0 fully saturated rings. The Kier molecular flexibility index (Phi) is 4.68. The van der Waals surface area contributed by atoms with Crippen molar-refractivity contribution in [2.45, 2.75) is 20.3 Å². The number of carbonyl (C=O) groups is 1. The number of hydrogen-bond donors (Lipinski definition) is 0. The van der Waals surface area contributed by atoms with E-state index in [4.69, 9.17) is 11.6 Å². The fourth-order valence-electron chi connectivity index (χ4n) is 1.45. The number of carbonyl (C=O) groups excluding carboxylic acids is 1. The van der Waals surface area contributed by atoms with Crippen molar-refractivity contribution >= 4 is 29.1 Å². The molecule has 0 spiro atoms. The molecule has 0 bridgehead atoms. The molecule has 0 radical (unpaired) electrons. The Balaban J connectivity index is 2.91. The van der Waals surface area contributed by atoms with E-state index in [1.807, 2.05) is 32.2 Å². The molecule has 0 N–H and O–H groups in total. The molecule has 0 atom stereocenters. The lowest BCUT2D eigenvalue weighted by molar-refractivity contribution is 0.0989. The summed E-state index contributed by atoms with van der Waals surface area (Å²) in [7, 11) is 0. The minimum atomic E-state index is 0.201. The van der Waals surface area contributed by atoms with Gasteiger partial charge in [-0.05, 0) is 43.4 Å². The number of rotatable bonds is 4. The first kappa shape index (κ1) is 12.6. The highest BCUT2D eigenvalue weighted by molar-refractivity contribution is 7.98. The smallest absolute Gasteiger partial charge is 0.163 e. The average Bonchev–Trinajstić information content (AvgIpc) is 2.21. The van der Waals surface area contributed by atoms with E-state index in [2.05, 4.69) is 0 Å². The van der Waals surface area contributed by atoms with Crippen molar-refractivity contribution in [3.8, 4) is 0 Å². The average molecular weight is 243 g/mol. The third kappa shape index (κ3) is 3.25. The molecule has 1 rings (SSSR count). The fourth-order valence-corrected chi connectivity index (χ4v) is 1.94. The van der Waals surface area contributed by atoms with Gasteiger partial charge in [-0.15, -0.1) is 0 Å². The molecule has 82 valence electrons. The highest BCUT2D eigenvalue weighted by atomic mass is 35.5. The number of thioether (sulfide) groups is 1. The molecule has 15 heavy (non-hydrogen) atoms. The van der Waals surface area contributed by atoms with Crippen LogP contribution in [0.5, 0.6) is 0 Å². The van der Waals surface area contributed by atoms with Crippen molar-refractivity contribution < 1.29 is 4.79 Å². The van der Waals surface area contributed by atoms with Crippen LogP contribution in [0.3, 0.4) is 0 Å². The van der Waals surface area contributed by atoms with Crippen LogP contribution in [0.4, 0.5) is 0 Å². The van der Waals surface area contributed by atoms with E-state index in [1.165, 1.54) is 0 Å². The first-order chi connectivity index (χ1) is 7.06. The molecule has 0 saturated heterocycles. The van der Waals surface area contributed by atoms with Crippen molar-refractivity contribution in [1.82, 2.24) is 0 Å². The number of benzene rings is 1. The fraction of sp³-hybridized carbons (Fsp3) is 0.417. The molecule has 0 aliphatic carbocycles. The van der Waals surface area contributed by atoms with Gasteiger partial charge >= 0.3 is 0 Å². The molecule has 3 heteroatoms. The predicted molar refractivity (Wildman–Crippen MR) is 68.3 cm³/mol. The Morgan fingerprint density at radius 2 is 1.87 bits per heavy atom. The zero-order chi connectivity index (χ0) is 11.4. The van der Waals surface area contributed by atoms with Gasteiger partial charge in [-0.25, -0.2) is 0 Å². The third-order valence-corrected chi connectivity index (χ3v) is 3.50. The third-order valence-electron chi connectivity index (χ3n) is 2.29.